The molecule has 0 aliphatic carbocycles. The SMILES string of the molecule is Nc1[nH]c(=O)c(C(=O)O)c(-c2ccc(N3CCN(C(c4ccc(F)cc4)c4ccc(F)cc4)CC3)cc2)c1C(=O)O. The van der Waals surface area contributed by atoms with Crippen LogP contribution in [0.5, 0.6) is 0 Å². The lowest BCUT2D eigenvalue weighted by Gasteiger charge is -2.40. The summed E-state index contributed by atoms with van der Waals surface area (Å²) in [6.45, 7) is 2.52. The average molecular weight is 561 g/mol. The first kappa shape index (κ1) is 27.5. The fourth-order valence-corrected chi connectivity index (χ4v) is 5.32. The van der Waals surface area contributed by atoms with Crippen LogP contribution in [0.3, 0.4) is 0 Å². The van der Waals surface area contributed by atoms with Crippen LogP contribution in [0.1, 0.15) is 37.9 Å². The molecular weight excluding hydrogens is 534 g/mol. The summed E-state index contributed by atoms with van der Waals surface area (Å²) in [7, 11) is 0. The number of carboxylic acid groups (broad SMARTS) is 2. The molecule has 1 aliphatic heterocycles. The number of H-pyrrole nitrogens is 1. The Bertz CT molecular complexity index is 1600. The van der Waals surface area contributed by atoms with Crippen LogP contribution in [-0.4, -0.2) is 58.2 Å². The zero-order chi connectivity index (χ0) is 29.3. The molecule has 1 saturated heterocycles. The highest BCUT2D eigenvalue weighted by Gasteiger charge is 2.28. The van der Waals surface area contributed by atoms with Gasteiger partial charge in [0.05, 0.1) is 6.04 Å². The Labute approximate surface area is 233 Å². The van der Waals surface area contributed by atoms with Crippen molar-refractivity contribution in [3.05, 3.63) is 117 Å². The van der Waals surface area contributed by atoms with E-state index in [1.807, 2.05) is 0 Å². The van der Waals surface area contributed by atoms with Crippen molar-refractivity contribution in [3.63, 3.8) is 0 Å². The van der Waals surface area contributed by atoms with Crippen molar-refractivity contribution in [2.45, 2.75) is 6.04 Å². The number of aromatic nitrogens is 1. The van der Waals surface area contributed by atoms with Gasteiger partial charge in [-0.15, -0.1) is 0 Å². The monoisotopic (exact) mass is 560 g/mol. The van der Waals surface area contributed by atoms with E-state index < -0.39 is 34.4 Å². The Morgan fingerprint density at radius 1 is 0.756 bits per heavy atom. The van der Waals surface area contributed by atoms with Gasteiger partial charge in [0.2, 0.25) is 0 Å². The molecule has 9 nitrogen and oxygen atoms in total. The number of hydrogen-bond acceptors (Lipinski definition) is 6. The number of nitrogens with one attached hydrogen (secondary N) is 1. The molecule has 11 heteroatoms. The maximum Gasteiger partial charge on any atom is 0.342 e. The number of aromatic amines is 1. The van der Waals surface area contributed by atoms with Gasteiger partial charge < -0.3 is 25.8 Å². The molecule has 1 aromatic heterocycles. The van der Waals surface area contributed by atoms with E-state index in [-0.39, 0.29) is 28.8 Å². The number of nitrogens with two attached hydrogens (primary N) is 1. The van der Waals surface area contributed by atoms with Gasteiger partial charge in [-0.3, -0.25) is 9.69 Å². The first-order valence-electron chi connectivity index (χ1n) is 12.8. The summed E-state index contributed by atoms with van der Waals surface area (Å²) in [5, 5.41) is 19.3. The van der Waals surface area contributed by atoms with Crippen LogP contribution in [-0.2, 0) is 0 Å². The number of anilines is 2. The van der Waals surface area contributed by atoms with Crippen LogP contribution >= 0.6 is 0 Å². The van der Waals surface area contributed by atoms with Crippen LogP contribution < -0.4 is 16.2 Å². The van der Waals surface area contributed by atoms with Crippen LogP contribution in [0.2, 0.25) is 0 Å². The van der Waals surface area contributed by atoms with E-state index in [1.54, 1.807) is 48.5 Å². The maximum absolute atomic E-state index is 13.6. The predicted molar refractivity (Wildman–Crippen MR) is 149 cm³/mol. The van der Waals surface area contributed by atoms with Crippen molar-refractivity contribution in [2.24, 2.45) is 0 Å². The number of carboxylic acids is 2. The first-order valence-corrected chi connectivity index (χ1v) is 12.8. The molecule has 1 fully saturated rings. The number of aromatic carboxylic acids is 2. The van der Waals surface area contributed by atoms with E-state index in [4.69, 9.17) is 5.73 Å². The minimum Gasteiger partial charge on any atom is -0.478 e. The number of rotatable bonds is 7. The Kier molecular flexibility index (Phi) is 7.54. The van der Waals surface area contributed by atoms with Crippen molar-refractivity contribution >= 4 is 23.4 Å². The number of nitrogen functional groups attached to an aromatic ring is 1. The standard InChI is InChI=1S/C30H26F2N4O5/c31-20-7-1-18(2-8-20)26(19-3-9-21(32)10-4-19)36-15-13-35(14-16-36)22-11-5-17(6-12-22)23-24(29(38)39)27(33)34-28(37)25(23)30(40)41/h1-12,26H,13-16H2,(H,38,39)(H,40,41)(H3,33,34,37). The van der Waals surface area contributed by atoms with Gasteiger partial charge in [-0.1, -0.05) is 36.4 Å². The van der Waals surface area contributed by atoms with Crippen LogP contribution in [0.15, 0.2) is 77.6 Å². The molecule has 5 rings (SSSR count). The molecule has 0 radical (unpaired) electrons. The molecule has 0 spiro atoms. The molecule has 3 aromatic carbocycles. The minimum absolute atomic E-state index is 0.203. The van der Waals surface area contributed by atoms with Gasteiger partial charge in [0, 0.05) is 37.4 Å². The average Bonchev–Trinajstić information content (AvgIpc) is 2.95. The Morgan fingerprint density at radius 2 is 1.24 bits per heavy atom. The molecule has 0 bridgehead atoms. The van der Waals surface area contributed by atoms with Crippen molar-refractivity contribution < 1.29 is 28.6 Å². The van der Waals surface area contributed by atoms with Gasteiger partial charge in [-0.05, 0) is 53.1 Å². The molecule has 4 aromatic rings. The highest BCUT2D eigenvalue weighted by Crippen LogP contribution is 2.33. The third-order valence-electron chi connectivity index (χ3n) is 7.24. The first-order chi connectivity index (χ1) is 19.6. The van der Waals surface area contributed by atoms with Crippen LogP contribution in [0, 0.1) is 11.6 Å². The number of hydrogen-bond donors (Lipinski definition) is 4. The predicted octanol–water partition coefficient (Wildman–Crippen LogP) is 4.21. The molecule has 2 heterocycles. The number of pyridine rings is 1. The molecule has 1 aliphatic rings. The lowest BCUT2D eigenvalue weighted by molar-refractivity contribution is 0.0695. The molecule has 0 amide bonds. The van der Waals surface area contributed by atoms with E-state index in [9.17, 15) is 33.4 Å². The number of halogens is 2. The largest absolute Gasteiger partial charge is 0.478 e. The topological polar surface area (TPSA) is 140 Å². The number of nitrogens with zero attached hydrogens (tertiary/aromatic N) is 2. The minimum atomic E-state index is -1.57. The highest BCUT2D eigenvalue weighted by molar-refractivity contribution is 6.07. The van der Waals surface area contributed by atoms with Gasteiger partial charge >= 0.3 is 11.9 Å². The quantitative estimate of drug-likeness (QED) is 0.264. The molecule has 0 saturated carbocycles. The third kappa shape index (κ3) is 5.52. The summed E-state index contributed by atoms with van der Waals surface area (Å²) < 4.78 is 27.3. The van der Waals surface area contributed by atoms with Gasteiger partial charge in [0.1, 0.15) is 28.6 Å². The second kappa shape index (κ2) is 11.2. The van der Waals surface area contributed by atoms with Crippen molar-refractivity contribution in [1.82, 2.24) is 9.88 Å². The summed E-state index contributed by atoms with van der Waals surface area (Å²) in [5.74, 6) is -4.14. The maximum atomic E-state index is 13.6. The number of benzene rings is 3. The summed E-state index contributed by atoms with van der Waals surface area (Å²) in [4.78, 5) is 42.5. The van der Waals surface area contributed by atoms with Crippen molar-refractivity contribution in [1.29, 1.82) is 0 Å². The second-order valence-corrected chi connectivity index (χ2v) is 9.68. The molecule has 5 N–H and O–H groups in total. The molecule has 0 unspecified atom stereocenters. The molecule has 0 atom stereocenters. The Hall–Kier alpha value is -5.03. The van der Waals surface area contributed by atoms with Crippen molar-refractivity contribution in [2.75, 3.05) is 36.8 Å². The normalized spacial score (nSPS) is 13.9. The van der Waals surface area contributed by atoms with E-state index in [2.05, 4.69) is 14.8 Å². The van der Waals surface area contributed by atoms with Gasteiger partial charge in [0.25, 0.3) is 5.56 Å². The fraction of sp³-hybridized carbons (Fsp3) is 0.167. The van der Waals surface area contributed by atoms with Crippen LogP contribution in [0.4, 0.5) is 20.3 Å². The van der Waals surface area contributed by atoms with Gasteiger partial charge in [0.15, 0.2) is 0 Å². The number of piperazine rings is 1. The Balaban J connectivity index is 1.40. The van der Waals surface area contributed by atoms with Crippen molar-refractivity contribution in [3.8, 4) is 11.1 Å². The molecule has 41 heavy (non-hydrogen) atoms. The van der Waals surface area contributed by atoms with E-state index in [1.165, 1.54) is 24.3 Å². The van der Waals surface area contributed by atoms with Gasteiger partial charge in [-0.25, -0.2) is 18.4 Å². The van der Waals surface area contributed by atoms with Crippen LogP contribution in [0.25, 0.3) is 11.1 Å². The summed E-state index contributed by atoms with van der Waals surface area (Å²) in [5.41, 5.74) is 6.11. The third-order valence-corrected chi connectivity index (χ3v) is 7.24. The zero-order valence-electron chi connectivity index (χ0n) is 21.7. The lowest BCUT2D eigenvalue weighted by Crippen LogP contribution is -2.48. The molecular formula is C30H26F2N4O5. The van der Waals surface area contributed by atoms with E-state index in [0.717, 1.165) is 16.8 Å². The summed E-state index contributed by atoms with van der Waals surface area (Å²) in [6.07, 6.45) is 0. The molecule has 210 valence electrons. The Morgan fingerprint density at radius 3 is 1.71 bits per heavy atom. The highest BCUT2D eigenvalue weighted by atomic mass is 19.1. The number of carbonyl (C=O) groups is 2. The van der Waals surface area contributed by atoms with Gasteiger partial charge in [-0.2, -0.15) is 0 Å². The lowest BCUT2D eigenvalue weighted by atomic mass is 9.95. The van der Waals surface area contributed by atoms with E-state index >= 15 is 0 Å². The fourth-order valence-electron chi connectivity index (χ4n) is 5.32. The zero-order valence-corrected chi connectivity index (χ0v) is 21.7. The smallest absolute Gasteiger partial charge is 0.342 e. The summed E-state index contributed by atoms with van der Waals surface area (Å²) in [6, 6.07) is 18.9. The van der Waals surface area contributed by atoms with E-state index in [0.29, 0.717) is 26.2 Å². The summed E-state index contributed by atoms with van der Waals surface area (Å²) >= 11 is 0. The second-order valence-electron chi connectivity index (χ2n) is 9.68.